The van der Waals surface area contributed by atoms with Gasteiger partial charge in [0.2, 0.25) is 0 Å². The van der Waals surface area contributed by atoms with E-state index in [1.807, 2.05) is 13.1 Å². The number of aromatic nitrogens is 1. The topological polar surface area (TPSA) is 37.4 Å². The predicted molar refractivity (Wildman–Crippen MR) is 78.6 cm³/mol. The SMILES string of the molecule is CCOCCN(C)c1ncc(CNC2CC2)cc1C. The highest BCUT2D eigenvalue weighted by atomic mass is 16.5. The van der Waals surface area contributed by atoms with Crippen molar-refractivity contribution in [1.29, 1.82) is 0 Å². The van der Waals surface area contributed by atoms with Gasteiger partial charge in [-0.2, -0.15) is 0 Å². The van der Waals surface area contributed by atoms with Gasteiger partial charge in [-0.25, -0.2) is 4.98 Å². The van der Waals surface area contributed by atoms with Crippen LogP contribution in [0.3, 0.4) is 0 Å². The van der Waals surface area contributed by atoms with Crippen LogP contribution in [0.15, 0.2) is 12.3 Å². The zero-order chi connectivity index (χ0) is 13.7. The van der Waals surface area contributed by atoms with Crippen LogP contribution in [0.1, 0.15) is 30.9 Å². The summed E-state index contributed by atoms with van der Waals surface area (Å²) in [5, 5.41) is 3.52. The molecule has 0 atom stereocenters. The molecule has 0 amide bonds. The Bertz CT molecular complexity index is 404. The van der Waals surface area contributed by atoms with Crippen molar-refractivity contribution in [3.63, 3.8) is 0 Å². The van der Waals surface area contributed by atoms with Crippen molar-refractivity contribution in [2.45, 2.75) is 39.3 Å². The molecule has 1 aliphatic carbocycles. The van der Waals surface area contributed by atoms with Crippen molar-refractivity contribution in [3.05, 3.63) is 23.4 Å². The lowest BCUT2D eigenvalue weighted by Gasteiger charge is -2.20. The van der Waals surface area contributed by atoms with Crippen molar-refractivity contribution in [3.8, 4) is 0 Å². The lowest BCUT2D eigenvalue weighted by atomic mass is 10.2. The van der Waals surface area contributed by atoms with Crippen molar-refractivity contribution < 1.29 is 4.74 Å². The molecule has 0 saturated heterocycles. The first kappa shape index (κ1) is 14.3. The highest BCUT2D eigenvalue weighted by Gasteiger charge is 2.20. The van der Waals surface area contributed by atoms with Crippen LogP contribution < -0.4 is 10.2 Å². The van der Waals surface area contributed by atoms with E-state index in [-0.39, 0.29) is 0 Å². The first-order valence-corrected chi connectivity index (χ1v) is 7.18. The molecule has 0 bridgehead atoms. The maximum atomic E-state index is 5.38. The fourth-order valence-electron chi connectivity index (χ4n) is 2.12. The van der Waals surface area contributed by atoms with E-state index in [9.17, 15) is 0 Å². The van der Waals surface area contributed by atoms with Crippen LogP contribution in [0, 0.1) is 6.92 Å². The highest BCUT2D eigenvalue weighted by Crippen LogP contribution is 2.20. The average molecular weight is 263 g/mol. The molecule has 4 heteroatoms. The second kappa shape index (κ2) is 6.87. The number of rotatable bonds is 8. The molecule has 0 aliphatic heterocycles. The number of anilines is 1. The highest BCUT2D eigenvalue weighted by molar-refractivity contribution is 5.46. The molecule has 1 aromatic rings. The number of aryl methyl sites for hydroxylation is 1. The van der Waals surface area contributed by atoms with Gasteiger partial charge in [0.1, 0.15) is 5.82 Å². The fourth-order valence-corrected chi connectivity index (χ4v) is 2.12. The first-order chi connectivity index (χ1) is 9.20. The zero-order valence-corrected chi connectivity index (χ0v) is 12.3. The molecular weight excluding hydrogens is 238 g/mol. The van der Waals surface area contributed by atoms with Crippen molar-refractivity contribution in [2.24, 2.45) is 0 Å². The van der Waals surface area contributed by atoms with Crippen LogP contribution in [0.25, 0.3) is 0 Å². The molecule has 0 unspecified atom stereocenters. The molecule has 1 aromatic heterocycles. The van der Waals surface area contributed by atoms with E-state index < -0.39 is 0 Å². The molecule has 1 heterocycles. The summed E-state index contributed by atoms with van der Waals surface area (Å²) in [7, 11) is 2.07. The number of ether oxygens (including phenoxy) is 1. The van der Waals surface area contributed by atoms with Gasteiger partial charge in [-0.3, -0.25) is 0 Å². The molecule has 0 aromatic carbocycles. The van der Waals surface area contributed by atoms with Crippen molar-refractivity contribution in [1.82, 2.24) is 10.3 Å². The molecule has 2 rings (SSSR count). The molecule has 1 N–H and O–H groups in total. The molecule has 1 fully saturated rings. The predicted octanol–water partition coefficient (Wildman–Crippen LogP) is 2.11. The van der Waals surface area contributed by atoms with Crippen LogP contribution in [0.2, 0.25) is 0 Å². The molecule has 1 aliphatic rings. The number of hydrogen-bond acceptors (Lipinski definition) is 4. The van der Waals surface area contributed by atoms with Crippen LogP contribution in [-0.4, -0.2) is 37.8 Å². The third-order valence-electron chi connectivity index (χ3n) is 3.42. The lowest BCUT2D eigenvalue weighted by Crippen LogP contribution is -2.24. The second-order valence-corrected chi connectivity index (χ2v) is 5.26. The van der Waals surface area contributed by atoms with E-state index in [4.69, 9.17) is 4.74 Å². The van der Waals surface area contributed by atoms with Gasteiger partial charge in [0.15, 0.2) is 0 Å². The Balaban J connectivity index is 1.89. The number of hydrogen-bond donors (Lipinski definition) is 1. The van der Waals surface area contributed by atoms with Gasteiger partial charge in [-0.1, -0.05) is 0 Å². The zero-order valence-electron chi connectivity index (χ0n) is 12.3. The summed E-state index contributed by atoms with van der Waals surface area (Å²) in [6.45, 7) is 7.47. The number of nitrogens with zero attached hydrogens (tertiary/aromatic N) is 2. The lowest BCUT2D eigenvalue weighted by molar-refractivity contribution is 0.154. The third-order valence-corrected chi connectivity index (χ3v) is 3.42. The van der Waals surface area contributed by atoms with Crippen LogP contribution >= 0.6 is 0 Å². The summed E-state index contributed by atoms with van der Waals surface area (Å²) < 4.78 is 5.38. The monoisotopic (exact) mass is 263 g/mol. The molecule has 4 nitrogen and oxygen atoms in total. The van der Waals surface area contributed by atoms with Crippen LogP contribution in [0.5, 0.6) is 0 Å². The summed E-state index contributed by atoms with van der Waals surface area (Å²) in [6.07, 6.45) is 4.63. The van der Waals surface area contributed by atoms with Gasteiger partial charge in [-0.15, -0.1) is 0 Å². The summed E-state index contributed by atoms with van der Waals surface area (Å²) in [5.74, 6) is 1.05. The van der Waals surface area contributed by atoms with E-state index in [2.05, 4.69) is 35.2 Å². The van der Waals surface area contributed by atoms with E-state index >= 15 is 0 Å². The van der Waals surface area contributed by atoms with E-state index in [0.29, 0.717) is 0 Å². The van der Waals surface area contributed by atoms with Crippen LogP contribution in [0.4, 0.5) is 5.82 Å². The Kier molecular flexibility index (Phi) is 5.16. The van der Waals surface area contributed by atoms with Gasteiger partial charge in [0, 0.05) is 39.0 Å². The number of pyridine rings is 1. The minimum atomic E-state index is 0.744. The third kappa shape index (κ3) is 4.48. The second-order valence-electron chi connectivity index (χ2n) is 5.26. The van der Waals surface area contributed by atoms with Crippen molar-refractivity contribution in [2.75, 3.05) is 31.7 Å². The molecule has 0 spiro atoms. The molecule has 0 radical (unpaired) electrons. The summed E-state index contributed by atoms with van der Waals surface area (Å²) in [6, 6.07) is 2.98. The van der Waals surface area contributed by atoms with Crippen molar-refractivity contribution >= 4 is 5.82 Å². The number of likely N-dealkylation sites (N-methyl/N-ethyl adjacent to an activating group) is 1. The summed E-state index contributed by atoms with van der Waals surface area (Å²) in [4.78, 5) is 6.74. The quantitative estimate of drug-likeness (QED) is 0.729. The van der Waals surface area contributed by atoms with Crippen LogP contribution in [-0.2, 0) is 11.3 Å². The molecule has 19 heavy (non-hydrogen) atoms. The van der Waals surface area contributed by atoms with E-state index in [1.54, 1.807) is 0 Å². The van der Waals surface area contributed by atoms with Gasteiger partial charge in [0.05, 0.1) is 6.61 Å². The van der Waals surface area contributed by atoms with E-state index in [0.717, 1.165) is 38.2 Å². The minimum absolute atomic E-state index is 0.744. The van der Waals surface area contributed by atoms with Gasteiger partial charge in [-0.05, 0) is 43.9 Å². The standard InChI is InChI=1S/C15H25N3O/c1-4-19-8-7-18(3)15-12(2)9-13(11-17-15)10-16-14-5-6-14/h9,11,14,16H,4-8,10H2,1-3H3. The van der Waals surface area contributed by atoms with Gasteiger partial charge < -0.3 is 15.0 Å². The maximum absolute atomic E-state index is 5.38. The Morgan fingerprint density at radius 1 is 1.47 bits per heavy atom. The van der Waals surface area contributed by atoms with Gasteiger partial charge >= 0.3 is 0 Å². The summed E-state index contributed by atoms with van der Waals surface area (Å²) in [5.41, 5.74) is 2.50. The molecule has 106 valence electrons. The van der Waals surface area contributed by atoms with Gasteiger partial charge in [0.25, 0.3) is 0 Å². The largest absolute Gasteiger partial charge is 0.380 e. The molecule has 1 saturated carbocycles. The Morgan fingerprint density at radius 2 is 2.26 bits per heavy atom. The Hall–Kier alpha value is -1.13. The normalized spacial score (nSPS) is 14.7. The Labute approximate surface area is 116 Å². The average Bonchev–Trinajstić information content (AvgIpc) is 3.20. The fraction of sp³-hybridized carbons (Fsp3) is 0.667. The maximum Gasteiger partial charge on any atom is 0.131 e. The Morgan fingerprint density at radius 3 is 2.89 bits per heavy atom. The minimum Gasteiger partial charge on any atom is -0.380 e. The first-order valence-electron chi connectivity index (χ1n) is 7.18. The number of nitrogens with one attached hydrogen (secondary N) is 1. The smallest absolute Gasteiger partial charge is 0.131 e. The van der Waals surface area contributed by atoms with E-state index in [1.165, 1.54) is 24.0 Å². The molecular formula is C15H25N3O. The summed E-state index contributed by atoms with van der Waals surface area (Å²) >= 11 is 0.